The molecule has 1 unspecified atom stereocenters. The van der Waals surface area contributed by atoms with Crippen LogP contribution >= 0.6 is 12.8 Å². The standard InChI is InChI=1S/C6H11F2NS/c1-2-3-9(10)5-6(8)4-7/h2,6,10H,1,3-5H2. The third-order valence-electron chi connectivity index (χ3n) is 0.916. The summed E-state index contributed by atoms with van der Waals surface area (Å²) in [4.78, 5) is 0. The van der Waals surface area contributed by atoms with Gasteiger partial charge in [-0.25, -0.2) is 13.1 Å². The van der Waals surface area contributed by atoms with Crippen LogP contribution in [-0.2, 0) is 0 Å². The van der Waals surface area contributed by atoms with Gasteiger partial charge in [0.15, 0.2) is 0 Å². The molecule has 0 aromatic rings. The molecule has 0 spiro atoms. The van der Waals surface area contributed by atoms with Gasteiger partial charge >= 0.3 is 0 Å². The summed E-state index contributed by atoms with van der Waals surface area (Å²) in [5.74, 6) is 0. The van der Waals surface area contributed by atoms with Crippen LogP contribution in [0.25, 0.3) is 0 Å². The first kappa shape index (κ1) is 9.91. The summed E-state index contributed by atoms with van der Waals surface area (Å²) in [7, 11) is 0. The van der Waals surface area contributed by atoms with Gasteiger partial charge in [-0.2, -0.15) is 0 Å². The van der Waals surface area contributed by atoms with Gasteiger partial charge in [0.05, 0.1) is 0 Å². The van der Waals surface area contributed by atoms with Gasteiger partial charge in [-0.05, 0) is 0 Å². The topological polar surface area (TPSA) is 3.24 Å². The maximum absolute atomic E-state index is 12.2. The van der Waals surface area contributed by atoms with E-state index in [9.17, 15) is 8.78 Å². The van der Waals surface area contributed by atoms with Crippen molar-refractivity contribution in [2.75, 3.05) is 19.8 Å². The van der Waals surface area contributed by atoms with Crippen LogP contribution in [0.5, 0.6) is 0 Å². The van der Waals surface area contributed by atoms with Crippen molar-refractivity contribution in [1.82, 2.24) is 4.31 Å². The zero-order valence-corrected chi connectivity index (χ0v) is 6.53. The van der Waals surface area contributed by atoms with Gasteiger partial charge in [-0.3, -0.25) is 0 Å². The summed E-state index contributed by atoms with van der Waals surface area (Å²) in [6.45, 7) is 2.94. The van der Waals surface area contributed by atoms with Crippen molar-refractivity contribution in [3.8, 4) is 0 Å². The highest BCUT2D eigenvalue weighted by molar-refractivity contribution is 7.77. The molecule has 0 amide bonds. The van der Waals surface area contributed by atoms with Gasteiger partial charge in [0.2, 0.25) is 0 Å². The van der Waals surface area contributed by atoms with Crippen LogP contribution in [0.1, 0.15) is 0 Å². The van der Waals surface area contributed by atoms with Crippen molar-refractivity contribution in [2.45, 2.75) is 6.17 Å². The lowest BCUT2D eigenvalue weighted by molar-refractivity contribution is 0.229. The van der Waals surface area contributed by atoms with E-state index in [0.29, 0.717) is 6.54 Å². The molecule has 0 radical (unpaired) electrons. The van der Waals surface area contributed by atoms with Crippen molar-refractivity contribution < 1.29 is 8.78 Å². The predicted molar refractivity (Wildman–Crippen MR) is 41.6 cm³/mol. The Labute approximate surface area is 65.3 Å². The summed E-state index contributed by atoms with van der Waals surface area (Å²) in [6.07, 6.45) is 0.148. The first-order valence-electron chi connectivity index (χ1n) is 2.95. The minimum Gasteiger partial charge on any atom is -0.248 e. The zero-order valence-electron chi connectivity index (χ0n) is 5.63. The average molecular weight is 167 g/mol. The number of halogens is 2. The molecule has 0 rings (SSSR count). The molecule has 10 heavy (non-hydrogen) atoms. The van der Waals surface area contributed by atoms with E-state index >= 15 is 0 Å². The second kappa shape index (κ2) is 5.68. The van der Waals surface area contributed by atoms with Gasteiger partial charge in [0.25, 0.3) is 0 Å². The normalized spacial score (nSPS) is 13.6. The van der Waals surface area contributed by atoms with Gasteiger partial charge in [-0.15, -0.1) is 6.58 Å². The van der Waals surface area contributed by atoms with Crippen molar-refractivity contribution in [2.24, 2.45) is 0 Å². The molecular weight excluding hydrogens is 156 g/mol. The van der Waals surface area contributed by atoms with Crippen LogP contribution in [-0.4, -0.2) is 30.2 Å². The minimum atomic E-state index is -1.43. The van der Waals surface area contributed by atoms with Gasteiger partial charge < -0.3 is 0 Å². The molecule has 0 saturated carbocycles. The third-order valence-corrected chi connectivity index (χ3v) is 1.24. The Hall–Kier alpha value is -0.0900. The molecular formula is C6H11F2NS. The molecule has 4 heteroatoms. The van der Waals surface area contributed by atoms with E-state index in [0.717, 1.165) is 0 Å². The maximum atomic E-state index is 12.2. The summed E-state index contributed by atoms with van der Waals surface area (Å²) >= 11 is 3.86. The summed E-state index contributed by atoms with van der Waals surface area (Å²) in [5.41, 5.74) is 0. The average Bonchev–Trinajstić information content (AvgIpc) is 1.88. The molecule has 0 saturated heterocycles. The molecule has 0 N–H and O–H groups in total. The fourth-order valence-corrected chi connectivity index (χ4v) is 0.794. The highest BCUT2D eigenvalue weighted by Gasteiger charge is 2.08. The van der Waals surface area contributed by atoms with Crippen molar-refractivity contribution in [3.63, 3.8) is 0 Å². The molecule has 0 fully saturated rings. The van der Waals surface area contributed by atoms with Crippen LogP contribution < -0.4 is 0 Å². The Kier molecular flexibility index (Phi) is 5.63. The number of nitrogens with zero attached hydrogens (tertiary/aromatic N) is 1. The van der Waals surface area contributed by atoms with E-state index in [2.05, 4.69) is 19.4 Å². The molecule has 0 aromatic carbocycles. The third kappa shape index (κ3) is 4.76. The lowest BCUT2D eigenvalue weighted by Crippen LogP contribution is -2.23. The largest absolute Gasteiger partial charge is 0.248 e. The first-order chi connectivity index (χ1) is 4.70. The Morgan fingerprint density at radius 3 is 2.70 bits per heavy atom. The van der Waals surface area contributed by atoms with Crippen LogP contribution in [0.3, 0.4) is 0 Å². The zero-order chi connectivity index (χ0) is 7.98. The highest BCUT2D eigenvalue weighted by Crippen LogP contribution is 1.99. The van der Waals surface area contributed by atoms with Crippen molar-refractivity contribution >= 4 is 12.8 Å². The predicted octanol–water partition coefficient (Wildman–Crippen LogP) is 1.63. The first-order valence-corrected chi connectivity index (χ1v) is 3.35. The number of rotatable bonds is 5. The van der Waals surface area contributed by atoms with E-state index in [1.54, 1.807) is 6.08 Å². The van der Waals surface area contributed by atoms with Crippen LogP contribution in [0, 0.1) is 0 Å². The maximum Gasteiger partial charge on any atom is 0.142 e. The summed E-state index contributed by atoms with van der Waals surface area (Å²) < 4.78 is 25.1. The molecule has 60 valence electrons. The second-order valence-corrected chi connectivity index (χ2v) is 2.48. The molecule has 0 bridgehead atoms. The quantitative estimate of drug-likeness (QED) is 0.481. The highest BCUT2D eigenvalue weighted by atomic mass is 32.1. The molecule has 0 aromatic heterocycles. The van der Waals surface area contributed by atoms with E-state index < -0.39 is 12.8 Å². The number of hydrogen-bond donors (Lipinski definition) is 1. The van der Waals surface area contributed by atoms with Crippen molar-refractivity contribution in [1.29, 1.82) is 0 Å². The minimum absolute atomic E-state index is 0.00559. The fourth-order valence-electron chi connectivity index (χ4n) is 0.501. The van der Waals surface area contributed by atoms with E-state index in [1.165, 1.54) is 4.31 Å². The Morgan fingerprint density at radius 1 is 1.70 bits per heavy atom. The molecule has 1 atom stereocenters. The fraction of sp³-hybridized carbons (Fsp3) is 0.667. The van der Waals surface area contributed by atoms with Gasteiger partial charge in [0.1, 0.15) is 12.8 Å². The monoisotopic (exact) mass is 167 g/mol. The van der Waals surface area contributed by atoms with Gasteiger partial charge in [0, 0.05) is 13.1 Å². The van der Waals surface area contributed by atoms with Crippen LogP contribution in [0.2, 0.25) is 0 Å². The summed E-state index contributed by atoms with van der Waals surface area (Å²) in [6, 6.07) is 0. The lowest BCUT2D eigenvalue weighted by Gasteiger charge is -2.13. The molecule has 0 aliphatic heterocycles. The summed E-state index contributed by atoms with van der Waals surface area (Å²) in [5, 5.41) is 0. The number of alkyl halides is 2. The molecule has 1 nitrogen and oxygen atoms in total. The molecule has 0 aliphatic rings. The smallest absolute Gasteiger partial charge is 0.142 e. The molecule has 0 heterocycles. The Bertz CT molecular complexity index is 99.7. The number of thiol groups is 1. The van der Waals surface area contributed by atoms with E-state index in [4.69, 9.17) is 0 Å². The van der Waals surface area contributed by atoms with Gasteiger partial charge in [-0.1, -0.05) is 18.9 Å². The Balaban J connectivity index is 3.35. The van der Waals surface area contributed by atoms with Crippen LogP contribution in [0.15, 0.2) is 12.7 Å². The lowest BCUT2D eigenvalue weighted by atomic mass is 10.4. The van der Waals surface area contributed by atoms with Crippen LogP contribution in [0.4, 0.5) is 8.78 Å². The Morgan fingerprint density at radius 2 is 2.30 bits per heavy atom. The van der Waals surface area contributed by atoms with E-state index in [1.807, 2.05) is 0 Å². The molecule has 0 aliphatic carbocycles. The number of hydrogen-bond acceptors (Lipinski definition) is 2. The SMILES string of the molecule is C=CCN(S)CC(F)CF. The van der Waals surface area contributed by atoms with Crippen molar-refractivity contribution in [3.05, 3.63) is 12.7 Å². The second-order valence-electron chi connectivity index (χ2n) is 1.91. The van der Waals surface area contributed by atoms with E-state index in [-0.39, 0.29) is 6.54 Å².